The first kappa shape index (κ1) is 29.4. The Morgan fingerprint density at radius 2 is 1.88 bits per heavy atom. The zero-order chi connectivity index (χ0) is 25.2. The number of aromatic nitrogens is 1. The van der Waals surface area contributed by atoms with Gasteiger partial charge in [-0.3, -0.25) is 4.79 Å². The Morgan fingerprint density at radius 3 is 2.42 bits per heavy atom. The largest absolute Gasteiger partial charge is 0.458 e. The summed E-state index contributed by atoms with van der Waals surface area (Å²) in [7, 11) is 0. The topological polar surface area (TPSA) is 39.2 Å². The van der Waals surface area contributed by atoms with Crippen LogP contribution in [0.2, 0.25) is 0 Å². The molecule has 3 nitrogen and oxygen atoms in total. The molecular formula is C29H47NO2S. The lowest BCUT2D eigenvalue weighted by Crippen LogP contribution is -2.28. The van der Waals surface area contributed by atoms with Crippen molar-refractivity contribution in [2.24, 2.45) is 23.2 Å². The van der Waals surface area contributed by atoms with Crippen LogP contribution in [-0.2, 0) is 9.53 Å². The molecule has 0 spiro atoms. The van der Waals surface area contributed by atoms with Crippen LogP contribution in [0, 0.1) is 30.1 Å². The highest BCUT2D eigenvalue weighted by Crippen LogP contribution is 2.38. The highest BCUT2D eigenvalue weighted by molar-refractivity contribution is 7.09. The van der Waals surface area contributed by atoms with Gasteiger partial charge in [-0.1, -0.05) is 65.2 Å². The number of aryl methyl sites for hydroxylation is 1. The summed E-state index contributed by atoms with van der Waals surface area (Å²) >= 11 is 1.63. The lowest BCUT2D eigenvalue weighted by Gasteiger charge is -2.36. The number of nitrogens with zero attached hydrogens (tertiary/aromatic N) is 1. The molecule has 186 valence electrons. The highest BCUT2D eigenvalue weighted by Gasteiger charge is 2.29. The van der Waals surface area contributed by atoms with Crippen molar-refractivity contribution >= 4 is 23.4 Å². The molecule has 1 heterocycles. The van der Waals surface area contributed by atoms with Crippen molar-refractivity contribution in [2.75, 3.05) is 0 Å². The second kappa shape index (κ2) is 13.9. The van der Waals surface area contributed by atoms with E-state index in [0.29, 0.717) is 24.2 Å². The first-order valence-corrected chi connectivity index (χ1v) is 13.3. The third-order valence-corrected chi connectivity index (χ3v) is 8.17. The zero-order valence-electron chi connectivity index (χ0n) is 22.5. The molecule has 0 saturated carbocycles. The van der Waals surface area contributed by atoms with Gasteiger partial charge in [-0.15, -0.1) is 17.9 Å². The fourth-order valence-corrected chi connectivity index (χ4v) is 4.77. The van der Waals surface area contributed by atoms with Gasteiger partial charge in [0, 0.05) is 18.7 Å². The third kappa shape index (κ3) is 10.4. The smallest absolute Gasteiger partial charge is 0.303 e. The van der Waals surface area contributed by atoms with E-state index >= 15 is 0 Å². The average Bonchev–Trinajstić information content (AvgIpc) is 3.16. The van der Waals surface area contributed by atoms with Gasteiger partial charge in [0.25, 0.3) is 0 Å². The molecule has 33 heavy (non-hydrogen) atoms. The van der Waals surface area contributed by atoms with Crippen molar-refractivity contribution < 1.29 is 9.53 Å². The molecule has 0 amide bonds. The summed E-state index contributed by atoms with van der Waals surface area (Å²) in [6.07, 6.45) is 11.6. The number of esters is 1. The number of ether oxygens (including phenoxy) is 1. The summed E-state index contributed by atoms with van der Waals surface area (Å²) in [6, 6.07) is 0. The van der Waals surface area contributed by atoms with Crippen molar-refractivity contribution in [1.29, 1.82) is 0 Å². The minimum Gasteiger partial charge on any atom is -0.458 e. The molecular weight excluding hydrogens is 426 g/mol. The fraction of sp³-hybridized carbons (Fsp3) is 0.655. The number of carbonyl (C=O) groups excluding carboxylic acids is 1. The van der Waals surface area contributed by atoms with E-state index in [0.717, 1.165) is 22.7 Å². The molecule has 0 fully saturated rings. The van der Waals surface area contributed by atoms with E-state index in [2.05, 4.69) is 65.3 Å². The number of carbonyl (C=O) groups is 1. The second-order valence-electron chi connectivity index (χ2n) is 10.5. The normalized spacial score (nSPS) is 16.8. The number of thiazole rings is 1. The van der Waals surface area contributed by atoms with Gasteiger partial charge in [0.2, 0.25) is 0 Å². The maximum absolute atomic E-state index is 11.6. The standard InChI is InChI=1S/C29H47NO2S/c1-11-29(9,10)24(6)23(5)21(3)15-13-12-14-20(2)16-17-28(32-26(8)31)22(4)18-27-19-33-25(7)30-27/h11,16,18-19,21,23-24,28H,1,12-15,17H2,2-10H3/b20-16-,22-18+/t21-,23+,24+,28-/m0/s1. The molecule has 0 aliphatic rings. The number of hydrogen-bond donors (Lipinski definition) is 0. The summed E-state index contributed by atoms with van der Waals surface area (Å²) in [5.74, 6) is 1.76. The molecule has 1 aromatic heterocycles. The summed E-state index contributed by atoms with van der Waals surface area (Å²) < 4.78 is 5.60. The van der Waals surface area contributed by atoms with Gasteiger partial charge >= 0.3 is 5.97 Å². The molecule has 0 aliphatic heterocycles. The Bertz CT molecular complexity index is 817. The minimum absolute atomic E-state index is 0.177. The van der Waals surface area contributed by atoms with Gasteiger partial charge in [0.15, 0.2) is 0 Å². The number of allylic oxidation sites excluding steroid dienone is 2. The molecule has 1 rings (SSSR count). The monoisotopic (exact) mass is 473 g/mol. The Morgan fingerprint density at radius 1 is 1.21 bits per heavy atom. The average molecular weight is 474 g/mol. The Hall–Kier alpha value is -1.68. The van der Waals surface area contributed by atoms with Crippen molar-refractivity contribution in [2.45, 2.75) is 101 Å². The predicted molar refractivity (Wildman–Crippen MR) is 144 cm³/mol. The molecule has 0 radical (unpaired) electrons. The quantitative estimate of drug-likeness (QED) is 0.154. The molecule has 1 aromatic rings. The van der Waals surface area contributed by atoms with Gasteiger partial charge in [-0.25, -0.2) is 4.98 Å². The van der Waals surface area contributed by atoms with E-state index in [1.807, 2.05) is 25.3 Å². The van der Waals surface area contributed by atoms with Crippen LogP contribution in [0.3, 0.4) is 0 Å². The van der Waals surface area contributed by atoms with Crippen LogP contribution >= 0.6 is 11.3 Å². The van der Waals surface area contributed by atoms with Gasteiger partial charge in [-0.2, -0.15) is 0 Å². The SMILES string of the molecule is C=CC(C)(C)[C@H](C)[C@H](C)[C@@H](C)CCCC/C(C)=C\C[C@H](OC(C)=O)/C(C)=C/c1csc(C)n1. The molecule has 4 atom stereocenters. The zero-order valence-corrected chi connectivity index (χ0v) is 23.3. The van der Waals surface area contributed by atoms with E-state index < -0.39 is 0 Å². The molecule has 0 aromatic carbocycles. The van der Waals surface area contributed by atoms with E-state index in [4.69, 9.17) is 4.74 Å². The molecule has 0 aliphatic carbocycles. The number of rotatable bonds is 14. The van der Waals surface area contributed by atoms with Gasteiger partial charge in [0.1, 0.15) is 6.10 Å². The number of hydrogen-bond acceptors (Lipinski definition) is 4. The summed E-state index contributed by atoms with van der Waals surface area (Å²) in [5, 5.41) is 3.07. The summed E-state index contributed by atoms with van der Waals surface area (Å²) in [5.41, 5.74) is 3.50. The highest BCUT2D eigenvalue weighted by atomic mass is 32.1. The van der Waals surface area contributed by atoms with Gasteiger partial charge < -0.3 is 4.74 Å². The van der Waals surface area contributed by atoms with Gasteiger partial charge in [0.05, 0.1) is 10.7 Å². The van der Waals surface area contributed by atoms with E-state index in [-0.39, 0.29) is 17.5 Å². The second-order valence-corrected chi connectivity index (χ2v) is 11.5. The van der Waals surface area contributed by atoms with Crippen LogP contribution in [0.15, 0.2) is 35.3 Å². The van der Waals surface area contributed by atoms with E-state index in [1.54, 1.807) is 11.3 Å². The first-order chi connectivity index (χ1) is 15.4. The van der Waals surface area contributed by atoms with E-state index in [1.165, 1.54) is 31.8 Å². The Balaban J connectivity index is 2.56. The summed E-state index contributed by atoms with van der Waals surface area (Å²) in [6.45, 7) is 23.4. The van der Waals surface area contributed by atoms with Crippen LogP contribution in [0.1, 0.15) is 98.2 Å². The van der Waals surface area contributed by atoms with E-state index in [9.17, 15) is 4.79 Å². The maximum Gasteiger partial charge on any atom is 0.303 e. The minimum atomic E-state index is -0.245. The van der Waals surface area contributed by atoms with Crippen LogP contribution in [0.5, 0.6) is 0 Å². The molecule has 0 unspecified atom stereocenters. The molecule has 0 N–H and O–H groups in total. The van der Waals surface area contributed by atoms with Crippen molar-refractivity contribution in [3.8, 4) is 0 Å². The van der Waals surface area contributed by atoms with Gasteiger partial charge in [-0.05, 0) is 68.4 Å². The Labute approximate surface area is 207 Å². The van der Waals surface area contributed by atoms with Crippen LogP contribution in [0.25, 0.3) is 6.08 Å². The lowest BCUT2D eigenvalue weighted by atomic mass is 9.69. The van der Waals surface area contributed by atoms with Crippen LogP contribution in [0.4, 0.5) is 0 Å². The predicted octanol–water partition coefficient (Wildman–Crippen LogP) is 8.80. The van der Waals surface area contributed by atoms with Crippen LogP contribution in [-0.4, -0.2) is 17.1 Å². The van der Waals surface area contributed by atoms with Crippen molar-refractivity contribution in [3.05, 3.63) is 46.0 Å². The van der Waals surface area contributed by atoms with Crippen LogP contribution < -0.4 is 0 Å². The first-order valence-electron chi connectivity index (χ1n) is 12.4. The van der Waals surface area contributed by atoms with Crippen molar-refractivity contribution in [1.82, 2.24) is 4.98 Å². The third-order valence-electron chi connectivity index (χ3n) is 7.38. The Kier molecular flexibility index (Phi) is 12.4. The summed E-state index contributed by atoms with van der Waals surface area (Å²) in [4.78, 5) is 16.1. The lowest BCUT2D eigenvalue weighted by molar-refractivity contribution is -0.144. The number of unbranched alkanes of at least 4 members (excludes halogenated alkanes) is 1. The molecule has 0 bridgehead atoms. The maximum atomic E-state index is 11.6. The van der Waals surface area contributed by atoms with Crippen molar-refractivity contribution in [3.63, 3.8) is 0 Å². The molecule has 4 heteroatoms. The molecule has 0 saturated heterocycles. The fourth-order valence-electron chi connectivity index (χ4n) is 4.20.